The molecule has 43 valence electrons. The van der Waals surface area contributed by atoms with Gasteiger partial charge in [0.15, 0.2) is 0 Å². The second kappa shape index (κ2) is 3.99. The van der Waals surface area contributed by atoms with Gasteiger partial charge >= 0.3 is 0 Å². The van der Waals surface area contributed by atoms with Crippen molar-refractivity contribution in [2.45, 2.75) is 0 Å². The standard InChI is InChI=1S/C6H4F2.Na/c7-5-2-1-3-6(8)4-5;/h1-4H;. The summed E-state index contributed by atoms with van der Waals surface area (Å²) in [5, 5.41) is 0. The van der Waals surface area contributed by atoms with Crippen LogP contribution in [0.15, 0.2) is 24.3 Å². The molecule has 0 aliphatic heterocycles. The fourth-order valence-corrected chi connectivity index (χ4v) is 0.460. The minimum absolute atomic E-state index is 0. The molecule has 0 aliphatic carbocycles. The van der Waals surface area contributed by atoms with Gasteiger partial charge in [0.1, 0.15) is 11.6 Å². The van der Waals surface area contributed by atoms with Crippen LogP contribution in [-0.2, 0) is 0 Å². The van der Waals surface area contributed by atoms with Gasteiger partial charge < -0.3 is 0 Å². The largest absolute Gasteiger partial charge is 0.207 e. The van der Waals surface area contributed by atoms with Gasteiger partial charge in [-0.05, 0) is 12.1 Å². The third-order valence-corrected chi connectivity index (χ3v) is 0.787. The number of benzene rings is 1. The minimum atomic E-state index is -0.537. The van der Waals surface area contributed by atoms with Gasteiger partial charge in [0.2, 0.25) is 0 Å². The zero-order valence-corrected chi connectivity index (χ0v) is 7.07. The van der Waals surface area contributed by atoms with Crippen LogP contribution in [0.1, 0.15) is 0 Å². The quantitative estimate of drug-likeness (QED) is 0.476. The van der Waals surface area contributed by atoms with Crippen molar-refractivity contribution in [1.29, 1.82) is 0 Å². The first-order valence-electron chi connectivity index (χ1n) is 2.20. The van der Waals surface area contributed by atoms with Gasteiger partial charge in [-0.15, -0.1) is 0 Å². The van der Waals surface area contributed by atoms with Crippen molar-refractivity contribution in [2.24, 2.45) is 0 Å². The van der Waals surface area contributed by atoms with Crippen molar-refractivity contribution in [1.82, 2.24) is 0 Å². The summed E-state index contributed by atoms with van der Waals surface area (Å²) in [7, 11) is 0. The van der Waals surface area contributed by atoms with Crippen LogP contribution in [0, 0.1) is 11.6 Å². The summed E-state index contributed by atoms with van der Waals surface area (Å²) >= 11 is 0. The van der Waals surface area contributed by atoms with E-state index in [4.69, 9.17) is 0 Å². The first kappa shape index (κ1) is 9.08. The van der Waals surface area contributed by atoms with Crippen molar-refractivity contribution in [3.05, 3.63) is 35.9 Å². The van der Waals surface area contributed by atoms with Gasteiger partial charge in [0.05, 0.1) is 0 Å². The molecule has 3 heteroatoms. The number of rotatable bonds is 0. The summed E-state index contributed by atoms with van der Waals surface area (Å²) in [4.78, 5) is 0. The maximum Gasteiger partial charge on any atom is 0.126 e. The monoisotopic (exact) mass is 137 g/mol. The van der Waals surface area contributed by atoms with Gasteiger partial charge in [0, 0.05) is 35.6 Å². The predicted octanol–water partition coefficient (Wildman–Crippen LogP) is 1.58. The Labute approximate surface area is 74.2 Å². The molecule has 0 atom stereocenters. The van der Waals surface area contributed by atoms with E-state index in [0.717, 1.165) is 6.07 Å². The molecule has 0 saturated carbocycles. The molecule has 0 heterocycles. The summed E-state index contributed by atoms with van der Waals surface area (Å²) in [5.74, 6) is -1.07. The molecule has 1 aromatic carbocycles. The Balaban J connectivity index is 0.000000640. The van der Waals surface area contributed by atoms with Gasteiger partial charge in [-0.2, -0.15) is 0 Å². The van der Waals surface area contributed by atoms with E-state index in [1.165, 1.54) is 18.2 Å². The molecular weight excluding hydrogens is 133 g/mol. The van der Waals surface area contributed by atoms with Crippen molar-refractivity contribution < 1.29 is 8.78 Å². The van der Waals surface area contributed by atoms with E-state index in [9.17, 15) is 8.78 Å². The van der Waals surface area contributed by atoms with E-state index < -0.39 is 11.6 Å². The molecule has 0 fully saturated rings. The third kappa shape index (κ3) is 2.94. The topological polar surface area (TPSA) is 0 Å². The fourth-order valence-electron chi connectivity index (χ4n) is 0.460. The summed E-state index contributed by atoms with van der Waals surface area (Å²) in [6, 6.07) is 4.55. The molecule has 1 aromatic rings. The maximum absolute atomic E-state index is 11.9. The Morgan fingerprint density at radius 3 is 1.67 bits per heavy atom. The van der Waals surface area contributed by atoms with Crippen LogP contribution in [0.3, 0.4) is 0 Å². The van der Waals surface area contributed by atoms with Gasteiger partial charge in [-0.1, -0.05) is 6.07 Å². The van der Waals surface area contributed by atoms with Crippen LogP contribution in [0.4, 0.5) is 8.78 Å². The molecule has 1 rings (SSSR count). The Morgan fingerprint density at radius 2 is 1.44 bits per heavy atom. The van der Waals surface area contributed by atoms with Crippen molar-refractivity contribution in [3.63, 3.8) is 0 Å². The van der Waals surface area contributed by atoms with Crippen LogP contribution in [-0.4, -0.2) is 29.6 Å². The first-order chi connectivity index (χ1) is 3.79. The zero-order chi connectivity index (χ0) is 5.98. The smallest absolute Gasteiger partial charge is 0.126 e. The van der Waals surface area contributed by atoms with Crippen LogP contribution in [0.25, 0.3) is 0 Å². The average molecular weight is 137 g/mol. The molecule has 0 unspecified atom stereocenters. The van der Waals surface area contributed by atoms with Crippen molar-refractivity contribution in [3.8, 4) is 0 Å². The third-order valence-electron chi connectivity index (χ3n) is 0.787. The molecule has 0 aliphatic rings. The van der Waals surface area contributed by atoms with Crippen LogP contribution in [0.2, 0.25) is 0 Å². The maximum atomic E-state index is 11.9. The van der Waals surface area contributed by atoms with E-state index in [0.29, 0.717) is 0 Å². The van der Waals surface area contributed by atoms with Gasteiger partial charge in [0.25, 0.3) is 0 Å². The Hall–Kier alpha value is 0.0800. The van der Waals surface area contributed by atoms with E-state index in [1.54, 1.807) is 0 Å². The molecule has 0 amide bonds. The Bertz CT molecular complexity index is 171. The molecule has 0 aromatic heterocycles. The van der Waals surface area contributed by atoms with E-state index in [-0.39, 0.29) is 29.6 Å². The molecule has 0 N–H and O–H groups in total. The molecule has 0 bridgehead atoms. The van der Waals surface area contributed by atoms with E-state index in [2.05, 4.69) is 0 Å². The van der Waals surface area contributed by atoms with E-state index in [1.807, 2.05) is 0 Å². The number of hydrogen-bond acceptors (Lipinski definition) is 0. The normalized spacial score (nSPS) is 8.22. The van der Waals surface area contributed by atoms with Crippen molar-refractivity contribution >= 4 is 29.6 Å². The van der Waals surface area contributed by atoms with Gasteiger partial charge in [-0.3, -0.25) is 0 Å². The SMILES string of the molecule is Fc1cccc(F)c1.[Na]. The summed E-state index contributed by atoms with van der Waals surface area (Å²) in [5.41, 5.74) is 0. The molecule has 1 radical (unpaired) electrons. The Morgan fingerprint density at radius 1 is 1.00 bits per heavy atom. The molecule has 0 spiro atoms. The molecule has 0 nitrogen and oxygen atoms in total. The van der Waals surface area contributed by atoms with Crippen molar-refractivity contribution in [2.75, 3.05) is 0 Å². The Kier molecular flexibility index (Phi) is 4.02. The summed E-state index contributed by atoms with van der Waals surface area (Å²) < 4.78 is 23.9. The number of hydrogen-bond donors (Lipinski definition) is 0. The molecule has 0 saturated heterocycles. The first-order valence-corrected chi connectivity index (χ1v) is 2.20. The summed E-state index contributed by atoms with van der Waals surface area (Å²) in [6.07, 6.45) is 0. The second-order valence-electron chi connectivity index (χ2n) is 1.44. The number of halogens is 2. The predicted molar refractivity (Wildman–Crippen MR) is 32.1 cm³/mol. The average Bonchev–Trinajstić information content (AvgIpc) is 1.64. The summed E-state index contributed by atoms with van der Waals surface area (Å²) in [6.45, 7) is 0. The zero-order valence-electron chi connectivity index (χ0n) is 5.07. The van der Waals surface area contributed by atoms with E-state index >= 15 is 0 Å². The molecular formula is C6H4F2Na. The van der Waals surface area contributed by atoms with Crippen LogP contribution >= 0.6 is 0 Å². The second-order valence-corrected chi connectivity index (χ2v) is 1.44. The van der Waals surface area contributed by atoms with Gasteiger partial charge in [-0.25, -0.2) is 8.78 Å². The van der Waals surface area contributed by atoms with Crippen LogP contribution in [0.5, 0.6) is 0 Å². The minimum Gasteiger partial charge on any atom is -0.207 e. The molecule has 9 heavy (non-hydrogen) atoms. The van der Waals surface area contributed by atoms with Crippen LogP contribution < -0.4 is 0 Å². The fraction of sp³-hybridized carbons (Fsp3) is 0.